The summed E-state index contributed by atoms with van der Waals surface area (Å²) in [7, 11) is -1.55. The molecule has 1 saturated carbocycles. The third kappa shape index (κ3) is 5.91. The van der Waals surface area contributed by atoms with E-state index in [0.717, 1.165) is 16.1 Å². The van der Waals surface area contributed by atoms with Gasteiger partial charge in [-0.3, -0.25) is 19.2 Å². The van der Waals surface area contributed by atoms with Crippen molar-refractivity contribution in [2.75, 3.05) is 4.72 Å². The van der Waals surface area contributed by atoms with Crippen molar-refractivity contribution in [2.45, 2.75) is 50.8 Å². The molecule has 186 valence electrons. The summed E-state index contributed by atoms with van der Waals surface area (Å²) in [5.74, 6) is -0.327. The molecule has 1 atom stereocenters. The van der Waals surface area contributed by atoms with Crippen LogP contribution in [0.25, 0.3) is 16.5 Å². The van der Waals surface area contributed by atoms with E-state index < -0.39 is 16.1 Å². The summed E-state index contributed by atoms with van der Waals surface area (Å²) in [5.41, 5.74) is 2.70. The van der Waals surface area contributed by atoms with E-state index in [9.17, 15) is 13.2 Å². The highest BCUT2D eigenvalue weighted by atomic mass is 35.5. The standard InChI is InChI=1S/C23H27ClN6O3S2/c1-4-14(24)10-20-17(12-27-30(20)3)21-13-26-23(34-21)22(31)28-18(5-2)19-11-15(8-9-25-19)29-35(32,33)16-6-7-16/h8-13,16,18H,4-7H2,1-3H3,(H,25,29)(H,28,31)/b14-10+. The Labute approximate surface area is 213 Å². The monoisotopic (exact) mass is 534 g/mol. The lowest BCUT2D eigenvalue weighted by atomic mass is 10.1. The van der Waals surface area contributed by atoms with Gasteiger partial charge in [-0.05, 0) is 43.9 Å². The Hall–Kier alpha value is -2.76. The van der Waals surface area contributed by atoms with Crippen molar-refractivity contribution >= 4 is 50.6 Å². The molecule has 1 fully saturated rings. The van der Waals surface area contributed by atoms with Gasteiger partial charge in [0.25, 0.3) is 5.91 Å². The molecule has 35 heavy (non-hydrogen) atoms. The van der Waals surface area contributed by atoms with E-state index in [0.29, 0.717) is 47.1 Å². The van der Waals surface area contributed by atoms with Gasteiger partial charge in [0.05, 0.1) is 39.4 Å². The minimum atomic E-state index is -3.38. The molecular formula is C23H27ClN6O3S2. The van der Waals surface area contributed by atoms with Gasteiger partial charge in [-0.1, -0.05) is 25.4 Å². The molecule has 2 N–H and O–H groups in total. The van der Waals surface area contributed by atoms with Crippen LogP contribution in [0.15, 0.2) is 35.8 Å². The Morgan fingerprint density at radius 2 is 2.09 bits per heavy atom. The van der Waals surface area contributed by atoms with Gasteiger partial charge in [0.1, 0.15) is 0 Å². The van der Waals surface area contributed by atoms with Gasteiger partial charge >= 0.3 is 0 Å². The predicted octanol–water partition coefficient (Wildman–Crippen LogP) is 4.71. The molecule has 0 radical (unpaired) electrons. The Morgan fingerprint density at radius 1 is 1.31 bits per heavy atom. The summed E-state index contributed by atoms with van der Waals surface area (Å²) < 4.78 is 28.9. The van der Waals surface area contributed by atoms with Gasteiger partial charge < -0.3 is 5.32 Å². The molecule has 3 aromatic heterocycles. The maximum absolute atomic E-state index is 13.0. The zero-order valence-electron chi connectivity index (χ0n) is 19.7. The van der Waals surface area contributed by atoms with E-state index >= 15 is 0 Å². The molecule has 0 spiro atoms. The zero-order chi connectivity index (χ0) is 25.2. The number of aryl methyl sites for hydroxylation is 1. The van der Waals surface area contributed by atoms with Crippen molar-refractivity contribution in [3.8, 4) is 10.4 Å². The first kappa shape index (κ1) is 25.3. The van der Waals surface area contributed by atoms with Crippen LogP contribution in [-0.2, 0) is 17.1 Å². The van der Waals surface area contributed by atoms with Crippen molar-refractivity contribution in [1.82, 2.24) is 25.1 Å². The summed E-state index contributed by atoms with van der Waals surface area (Å²) in [6, 6.07) is 2.86. The van der Waals surface area contributed by atoms with Gasteiger partial charge in [0.2, 0.25) is 10.0 Å². The number of sulfonamides is 1. The molecule has 0 aliphatic heterocycles. The molecule has 0 bridgehead atoms. The molecule has 4 rings (SSSR count). The molecule has 1 aliphatic carbocycles. The van der Waals surface area contributed by atoms with Crippen molar-refractivity contribution in [3.63, 3.8) is 0 Å². The van der Waals surface area contributed by atoms with E-state index in [1.807, 2.05) is 27.0 Å². The summed E-state index contributed by atoms with van der Waals surface area (Å²) in [6.07, 6.45) is 9.43. The first-order valence-electron chi connectivity index (χ1n) is 11.3. The van der Waals surface area contributed by atoms with E-state index in [-0.39, 0.29) is 11.2 Å². The van der Waals surface area contributed by atoms with E-state index in [2.05, 4.69) is 25.1 Å². The Kier molecular flexibility index (Phi) is 7.58. The van der Waals surface area contributed by atoms with Crippen LogP contribution in [0.2, 0.25) is 0 Å². The van der Waals surface area contributed by atoms with Crippen molar-refractivity contribution < 1.29 is 13.2 Å². The third-order valence-corrected chi connectivity index (χ3v) is 8.93. The Bertz CT molecular complexity index is 1360. The largest absolute Gasteiger partial charge is 0.342 e. The maximum atomic E-state index is 13.0. The second kappa shape index (κ2) is 10.5. The Morgan fingerprint density at radius 3 is 2.77 bits per heavy atom. The van der Waals surface area contributed by atoms with Crippen LogP contribution < -0.4 is 10.0 Å². The van der Waals surface area contributed by atoms with E-state index in [1.54, 1.807) is 29.2 Å². The average molecular weight is 535 g/mol. The number of nitrogens with one attached hydrogen (secondary N) is 2. The normalized spacial score (nSPS) is 15.1. The molecule has 3 heterocycles. The number of hydrogen-bond acceptors (Lipinski definition) is 7. The zero-order valence-corrected chi connectivity index (χ0v) is 22.0. The van der Waals surface area contributed by atoms with Crippen LogP contribution in [0, 0.1) is 0 Å². The van der Waals surface area contributed by atoms with Crippen LogP contribution in [0.5, 0.6) is 0 Å². The van der Waals surface area contributed by atoms with Crippen molar-refractivity contribution in [2.24, 2.45) is 7.05 Å². The number of nitrogens with zero attached hydrogens (tertiary/aromatic N) is 4. The topological polar surface area (TPSA) is 119 Å². The molecule has 1 unspecified atom stereocenters. The molecule has 1 amide bonds. The first-order chi connectivity index (χ1) is 16.7. The number of thiazole rings is 1. The SMILES string of the molecule is CC/C(Cl)=C\c1c(-c2cnc(C(=O)NC(CC)c3cc(NS(=O)(=O)C4CC4)ccn3)s2)cnn1C. The fourth-order valence-electron chi connectivity index (χ4n) is 3.50. The lowest BCUT2D eigenvalue weighted by Gasteiger charge is -2.17. The number of halogens is 1. The first-order valence-corrected chi connectivity index (χ1v) is 14.1. The molecular weight excluding hydrogens is 508 g/mol. The summed E-state index contributed by atoms with van der Waals surface area (Å²) >= 11 is 7.50. The van der Waals surface area contributed by atoms with Crippen molar-refractivity contribution in [1.29, 1.82) is 0 Å². The number of amides is 1. The number of carbonyl (C=O) groups is 1. The van der Waals surface area contributed by atoms with Crippen LogP contribution in [0.1, 0.15) is 66.8 Å². The summed E-state index contributed by atoms with van der Waals surface area (Å²) in [6.45, 7) is 3.90. The van der Waals surface area contributed by atoms with Gasteiger partial charge in [-0.2, -0.15) is 5.10 Å². The fraction of sp³-hybridized carbons (Fsp3) is 0.391. The number of rotatable bonds is 10. The summed E-state index contributed by atoms with van der Waals surface area (Å²) in [5, 5.41) is 7.97. The molecule has 1 aliphatic rings. The fourth-order valence-corrected chi connectivity index (χ4v) is 5.82. The van der Waals surface area contributed by atoms with Crippen LogP contribution in [-0.4, -0.2) is 39.3 Å². The lowest BCUT2D eigenvalue weighted by Crippen LogP contribution is -2.28. The quantitative estimate of drug-likeness (QED) is 0.388. The van der Waals surface area contributed by atoms with E-state index in [1.165, 1.54) is 17.5 Å². The number of allylic oxidation sites excluding steroid dienone is 1. The molecule has 3 aromatic rings. The van der Waals surface area contributed by atoms with Crippen LogP contribution >= 0.6 is 22.9 Å². The average Bonchev–Trinajstić information content (AvgIpc) is 3.50. The predicted molar refractivity (Wildman–Crippen MR) is 139 cm³/mol. The smallest absolute Gasteiger partial charge is 0.280 e. The number of anilines is 1. The Balaban J connectivity index is 1.50. The van der Waals surface area contributed by atoms with Crippen LogP contribution in [0.4, 0.5) is 5.69 Å². The number of aromatic nitrogens is 4. The lowest BCUT2D eigenvalue weighted by molar-refractivity contribution is 0.0934. The van der Waals surface area contributed by atoms with Gasteiger partial charge in [0, 0.05) is 30.0 Å². The second-order valence-corrected chi connectivity index (χ2v) is 11.8. The molecule has 0 aromatic carbocycles. The van der Waals surface area contributed by atoms with Gasteiger partial charge in [-0.15, -0.1) is 11.3 Å². The third-order valence-electron chi connectivity index (χ3n) is 5.66. The van der Waals surface area contributed by atoms with Crippen LogP contribution in [0.3, 0.4) is 0 Å². The van der Waals surface area contributed by atoms with Crippen molar-refractivity contribution in [3.05, 3.63) is 52.2 Å². The van der Waals surface area contributed by atoms with Gasteiger partial charge in [-0.25, -0.2) is 13.4 Å². The minimum Gasteiger partial charge on any atom is -0.342 e. The highest BCUT2D eigenvalue weighted by Gasteiger charge is 2.35. The van der Waals surface area contributed by atoms with E-state index in [4.69, 9.17) is 11.6 Å². The summed E-state index contributed by atoms with van der Waals surface area (Å²) in [4.78, 5) is 22.5. The maximum Gasteiger partial charge on any atom is 0.280 e. The highest BCUT2D eigenvalue weighted by Crippen LogP contribution is 2.32. The molecule has 0 saturated heterocycles. The molecule has 12 heteroatoms. The number of hydrogen-bond donors (Lipinski definition) is 2. The minimum absolute atomic E-state index is 0.310. The molecule has 9 nitrogen and oxygen atoms in total. The number of carbonyl (C=O) groups excluding carboxylic acids is 1. The highest BCUT2D eigenvalue weighted by molar-refractivity contribution is 7.93. The second-order valence-electron chi connectivity index (χ2n) is 8.29. The van der Waals surface area contributed by atoms with Gasteiger partial charge in [0.15, 0.2) is 5.01 Å². The number of pyridine rings is 1.